The highest BCUT2D eigenvalue weighted by molar-refractivity contribution is 7.88. The molecule has 1 rings (SSSR count). The average molecular weight is 305 g/mol. The van der Waals surface area contributed by atoms with Crippen LogP contribution in [0.2, 0.25) is 0 Å². The van der Waals surface area contributed by atoms with Gasteiger partial charge in [-0.05, 0) is 46.4 Å². The second kappa shape index (κ2) is 7.73. The molecule has 5 nitrogen and oxygen atoms in total. The molecule has 1 heterocycles. The molecule has 0 amide bonds. The summed E-state index contributed by atoms with van der Waals surface area (Å²) in [4.78, 5) is 4.86. The molecule has 1 saturated heterocycles. The van der Waals surface area contributed by atoms with Crippen LogP contribution >= 0.6 is 0 Å². The minimum absolute atomic E-state index is 0.0784. The maximum Gasteiger partial charge on any atom is 0.211 e. The summed E-state index contributed by atoms with van der Waals surface area (Å²) in [6.45, 7) is 14.4. The van der Waals surface area contributed by atoms with Crippen LogP contribution in [0.3, 0.4) is 0 Å². The van der Waals surface area contributed by atoms with E-state index >= 15 is 0 Å². The normalized spacial score (nSPS) is 26.3. The van der Waals surface area contributed by atoms with E-state index in [9.17, 15) is 8.42 Å². The fourth-order valence-electron chi connectivity index (χ4n) is 2.98. The molecular formula is C14H31N3O2S. The van der Waals surface area contributed by atoms with Gasteiger partial charge < -0.3 is 4.90 Å². The topological polar surface area (TPSA) is 43.9 Å². The van der Waals surface area contributed by atoms with Crippen LogP contribution in [0.4, 0.5) is 0 Å². The van der Waals surface area contributed by atoms with Gasteiger partial charge in [0.25, 0.3) is 0 Å². The van der Waals surface area contributed by atoms with Gasteiger partial charge in [0.1, 0.15) is 0 Å². The SMILES string of the molecule is CCN(CC)CCCN1C[C@H](C)N(S(C)(=O)=O)C[C@H]1C. The molecule has 0 aromatic rings. The van der Waals surface area contributed by atoms with E-state index in [1.807, 2.05) is 6.92 Å². The van der Waals surface area contributed by atoms with Crippen molar-refractivity contribution in [2.45, 2.75) is 46.2 Å². The molecule has 0 aliphatic carbocycles. The first-order chi connectivity index (χ1) is 9.29. The number of nitrogens with zero attached hydrogens (tertiary/aromatic N) is 3. The van der Waals surface area contributed by atoms with Gasteiger partial charge in [-0.2, -0.15) is 4.31 Å². The Hall–Kier alpha value is -0.170. The van der Waals surface area contributed by atoms with Crippen LogP contribution < -0.4 is 0 Å². The van der Waals surface area contributed by atoms with Crippen molar-refractivity contribution in [3.63, 3.8) is 0 Å². The van der Waals surface area contributed by atoms with Gasteiger partial charge in [0.2, 0.25) is 10.0 Å². The molecule has 6 heteroatoms. The van der Waals surface area contributed by atoms with E-state index in [1.165, 1.54) is 6.26 Å². The number of hydrogen-bond acceptors (Lipinski definition) is 4. The number of sulfonamides is 1. The molecular weight excluding hydrogens is 274 g/mol. The molecule has 0 spiro atoms. The predicted molar refractivity (Wildman–Crippen MR) is 84.5 cm³/mol. The number of rotatable bonds is 7. The molecule has 0 bridgehead atoms. The van der Waals surface area contributed by atoms with Crippen molar-refractivity contribution in [3.05, 3.63) is 0 Å². The number of piperazine rings is 1. The molecule has 1 aliphatic heterocycles. The summed E-state index contributed by atoms with van der Waals surface area (Å²) < 4.78 is 25.1. The van der Waals surface area contributed by atoms with E-state index in [4.69, 9.17) is 0 Å². The Balaban J connectivity index is 2.46. The van der Waals surface area contributed by atoms with Crippen LogP contribution in [0.25, 0.3) is 0 Å². The largest absolute Gasteiger partial charge is 0.304 e. The lowest BCUT2D eigenvalue weighted by atomic mass is 10.1. The highest BCUT2D eigenvalue weighted by Gasteiger charge is 2.33. The fraction of sp³-hybridized carbons (Fsp3) is 1.00. The quantitative estimate of drug-likeness (QED) is 0.706. The second-order valence-corrected chi connectivity index (χ2v) is 7.84. The molecule has 0 unspecified atom stereocenters. The molecule has 0 aromatic carbocycles. The smallest absolute Gasteiger partial charge is 0.211 e. The third-order valence-corrected chi connectivity index (χ3v) is 5.66. The van der Waals surface area contributed by atoms with Gasteiger partial charge >= 0.3 is 0 Å². The van der Waals surface area contributed by atoms with Gasteiger partial charge in [-0.1, -0.05) is 13.8 Å². The highest BCUT2D eigenvalue weighted by Crippen LogP contribution is 2.18. The van der Waals surface area contributed by atoms with E-state index in [0.29, 0.717) is 12.6 Å². The summed E-state index contributed by atoms with van der Waals surface area (Å²) in [5.41, 5.74) is 0. The van der Waals surface area contributed by atoms with E-state index in [1.54, 1.807) is 4.31 Å². The second-order valence-electron chi connectivity index (χ2n) is 5.91. The first-order valence-corrected chi connectivity index (χ1v) is 9.57. The molecule has 20 heavy (non-hydrogen) atoms. The zero-order valence-corrected chi connectivity index (χ0v) is 14.5. The van der Waals surface area contributed by atoms with Gasteiger partial charge in [-0.15, -0.1) is 0 Å². The fourth-order valence-corrected chi connectivity index (χ4v) is 4.18. The molecule has 0 N–H and O–H groups in total. The predicted octanol–water partition coefficient (Wildman–Crippen LogP) is 1.07. The summed E-state index contributed by atoms with van der Waals surface area (Å²) in [5, 5.41) is 0. The van der Waals surface area contributed by atoms with Crippen LogP contribution in [-0.4, -0.2) is 80.1 Å². The molecule has 0 saturated carbocycles. The van der Waals surface area contributed by atoms with E-state index in [2.05, 4.69) is 30.6 Å². The summed E-state index contributed by atoms with van der Waals surface area (Å²) >= 11 is 0. The lowest BCUT2D eigenvalue weighted by Crippen LogP contribution is -2.57. The minimum Gasteiger partial charge on any atom is -0.304 e. The maximum absolute atomic E-state index is 11.7. The molecule has 0 radical (unpaired) electrons. The van der Waals surface area contributed by atoms with E-state index in [0.717, 1.165) is 39.1 Å². The zero-order valence-electron chi connectivity index (χ0n) is 13.7. The Morgan fingerprint density at radius 1 is 1.10 bits per heavy atom. The Morgan fingerprint density at radius 3 is 2.20 bits per heavy atom. The summed E-state index contributed by atoms with van der Waals surface area (Å²) in [6.07, 6.45) is 2.46. The highest BCUT2D eigenvalue weighted by atomic mass is 32.2. The van der Waals surface area contributed by atoms with Crippen LogP contribution in [0.15, 0.2) is 0 Å². The first kappa shape index (κ1) is 17.9. The van der Waals surface area contributed by atoms with Crippen LogP contribution in [0, 0.1) is 0 Å². The van der Waals surface area contributed by atoms with Crippen molar-refractivity contribution in [2.75, 3.05) is 45.5 Å². The summed E-state index contributed by atoms with van der Waals surface area (Å²) in [5.74, 6) is 0. The minimum atomic E-state index is -3.07. The van der Waals surface area contributed by atoms with E-state index in [-0.39, 0.29) is 6.04 Å². The zero-order chi connectivity index (χ0) is 15.3. The van der Waals surface area contributed by atoms with Crippen LogP contribution in [-0.2, 0) is 10.0 Å². The van der Waals surface area contributed by atoms with Crippen molar-refractivity contribution in [2.24, 2.45) is 0 Å². The maximum atomic E-state index is 11.7. The van der Waals surface area contributed by atoms with Gasteiger partial charge in [0, 0.05) is 25.2 Å². The van der Waals surface area contributed by atoms with Crippen molar-refractivity contribution in [1.82, 2.24) is 14.1 Å². The van der Waals surface area contributed by atoms with Crippen molar-refractivity contribution < 1.29 is 8.42 Å². The van der Waals surface area contributed by atoms with Crippen molar-refractivity contribution in [3.8, 4) is 0 Å². The van der Waals surface area contributed by atoms with E-state index < -0.39 is 10.0 Å². The molecule has 2 atom stereocenters. The lowest BCUT2D eigenvalue weighted by molar-refractivity contribution is 0.0889. The third-order valence-electron chi connectivity index (χ3n) is 4.30. The van der Waals surface area contributed by atoms with Crippen molar-refractivity contribution >= 4 is 10.0 Å². The Morgan fingerprint density at radius 2 is 1.70 bits per heavy atom. The Bertz CT molecular complexity index is 382. The summed E-state index contributed by atoms with van der Waals surface area (Å²) in [6, 6.07) is 0.382. The average Bonchev–Trinajstić information content (AvgIpc) is 2.36. The Kier molecular flexibility index (Phi) is 6.91. The molecule has 1 aliphatic rings. The van der Waals surface area contributed by atoms with Gasteiger partial charge in [0.05, 0.1) is 6.26 Å². The van der Waals surface area contributed by atoms with Gasteiger partial charge in [0.15, 0.2) is 0 Å². The molecule has 0 aromatic heterocycles. The van der Waals surface area contributed by atoms with Crippen LogP contribution in [0.5, 0.6) is 0 Å². The Labute approximate surface area is 125 Å². The lowest BCUT2D eigenvalue weighted by Gasteiger charge is -2.43. The number of hydrogen-bond donors (Lipinski definition) is 0. The van der Waals surface area contributed by atoms with Gasteiger partial charge in [-0.3, -0.25) is 4.90 Å². The molecule has 120 valence electrons. The van der Waals surface area contributed by atoms with Crippen molar-refractivity contribution in [1.29, 1.82) is 0 Å². The third kappa shape index (κ3) is 4.98. The summed E-state index contributed by atoms with van der Waals surface area (Å²) in [7, 11) is -3.07. The van der Waals surface area contributed by atoms with Gasteiger partial charge in [-0.25, -0.2) is 8.42 Å². The standard InChI is InChI=1S/C14H31N3O2S/c1-6-15(7-2)9-8-10-16-11-14(4)17(12-13(16)3)20(5,18)19/h13-14H,6-12H2,1-5H3/t13-,14+/m1/s1. The molecule has 1 fully saturated rings. The first-order valence-electron chi connectivity index (χ1n) is 7.72. The monoisotopic (exact) mass is 305 g/mol. The van der Waals surface area contributed by atoms with Crippen LogP contribution in [0.1, 0.15) is 34.1 Å².